The fraction of sp³-hybridized carbons (Fsp3) is 0.286. The van der Waals surface area contributed by atoms with Crippen molar-refractivity contribution in [3.63, 3.8) is 0 Å². The first kappa shape index (κ1) is 11.0. The van der Waals surface area contributed by atoms with E-state index in [4.69, 9.17) is 5.73 Å². The molecule has 0 saturated carbocycles. The van der Waals surface area contributed by atoms with Gasteiger partial charge in [-0.3, -0.25) is 0 Å². The Balaban J connectivity index is 1.90. The van der Waals surface area contributed by atoms with Gasteiger partial charge in [0.25, 0.3) is 0 Å². The molecule has 0 bridgehead atoms. The van der Waals surface area contributed by atoms with Crippen LogP contribution in [0.5, 0.6) is 0 Å². The second-order valence-electron chi connectivity index (χ2n) is 4.61. The Morgan fingerprint density at radius 2 is 1.83 bits per heavy atom. The first-order valence-corrected chi connectivity index (χ1v) is 6.22. The average molecular weight is 240 g/mol. The fourth-order valence-electron chi connectivity index (χ4n) is 2.57. The summed E-state index contributed by atoms with van der Waals surface area (Å²) < 4.78 is 0. The van der Waals surface area contributed by atoms with Crippen LogP contribution < -0.4 is 10.6 Å². The molecule has 1 saturated heterocycles. The lowest BCUT2D eigenvalue weighted by Gasteiger charge is -2.26. The number of benzene rings is 1. The van der Waals surface area contributed by atoms with E-state index in [-0.39, 0.29) is 0 Å². The smallest absolute Gasteiger partial charge is 0.115 e. The maximum absolute atomic E-state index is 5.73. The van der Waals surface area contributed by atoms with Gasteiger partial charge in [0, 0.05) is 35.9 Å². The summed E-state index contributed by atoms with van der Waals surface area (Å²) in [6.07, 6.45) is 7.74. The SMILES string of the molecule is Nc1ccc(N2CCCC2c2cncnc2)cc1. The van der Waals surface area contributed by atoms with Gasteiger partial charge in [0.05, 0.1) is 6.04 Å². The molecule has 1 aromatic heterocycles. The van der Waals surface area contributed by atoms with Gasteiger partial charge >= 0.3 is 0 Å². The quantitative estimate of drug-likeness (QED) is 0.819. The monoisotopic (exact) mass is 240 g/mol. The zero-order valence-corrected chi connectivity index (χ0v) is 10.2. The van der Waals surface area contributed by atoms with Crippen LogP contribution in [-0.2, 0) is 0 Å². The van der Waals surface area contributed by atoms with E-state index in [0.29, 0.717) is 6.04 Å². The molecular weight excluding hydrogens is 224 g/mol. The van der Waals surface area contributed by atoms with E-state index in [9.17, 15) is 0 Å². The van der Waals surface area contributed by atoms with Crippen molar-refractivity contribution in [2.45, 2.75) is 18.9 Å². The Morgan fingerprint density at radius 3 is 2.56 bits per heavy atom. The number of hydrogen-bond donors (Lipinski definition) is 1. The highest BCUT2D eigenvalue weighted by atomic mass is 15.2. The molecule has 2 aromatic rings. The van der Waals surface area contributed by atoms with E-state index in [1.165, 1.54) is 17.7 Å². The molecule has 1 aromatic carbocycles. The van der Waals surface area contributed by atoms with Crippen molar-refractivity contribution in [1.82, 2.24) is 9.97 Å². The van der Waals surface area contributed by atoms with E-state index >= 15 is 0 Å². The first-order valence-electron chi connectivity index (χ1n) is 6.22. The second-order valence-corrected chi connectivity index (χ2v) is 4.61. The molecule has 0 aliphatic carbocycles. The summed E-state index contributed by atoms with van der Waals surface area (Å²) in [7, 11) is 0. The van der Waals surface area contributed by atoms with Gasteiger partial charge in [-0.15, -0.1) is 0 Å². The van der Waals surface area contributed by atoms with Crippen LogP contribution in [0.4, 0.5) is 11.4 Å². The molecular formula is C14H16N4. The predicted octanol–water partition coefficient (Wildman–Crippen LogP) is 2.40. The van der Waals surface area contributed by atoms with Crippen LogP contribution in [-0.4, -0.2) is 16.5 Å². The summed E-state index contributed by atoms with van der Waals surface area (Å²) in [5.74, 6) is 0. The normalized spacial score (nSPS) is 19.1. The Morgan fingerprint density at radius 1 is 1.11 bits per heavy atom. The molecule has 4 heteroatoms. The number of aromatic nitrogens is 2. The van der Waals surface area contributed by atoms with Crippen LogP contribution in [0.25, 0.3) is 0 Å². The largest absolute Gasteiger partial charge is 0.399 e. The van der Waals surface area contributed by atoms with E-state index in [1.807, 2.05) is 24.5 Å². The summed E-state index contributed by atoms with van der Waals surface area (Å²) in [5, 5.41) is 0. The van der Waals surface area contributed by atoms with Crippen molar-refractivity contribution < 1.29 is 0 Å². The molecule has 1 aliphatic heterocycles. The van der Waals surface area contributed by atoms with Gasteiger partial charge in [0.15, 0.2) is 0 Å². The maximum atomic E-state index is 5.73. The number of nitrogens with zero attached hydrogens (tertiary/aromatic N) is 3. The lowest BCUT2D eigenvalue weighted by molar-refractivity contribution is 0.710. The molecule has 2 N–H and O–H groups in total. The number of anilines is 2. The fourth-order valence-corrected chi connectivity index (χ4v) is 2.57. The van der Waals surface area contributed by atoms with E-state index in [0.717, 1.165) is 18.7 Å². The van der Waals surface area contributed by atoms with Crippen LogP contribution in [0.3, 0.4) is 0 Å². The highest BCUT2D eigenvalue weighted by Gasteiger charge is 2.26. The first-order chi connectivity index (χ1) is 8.84. The number of nitrogens with two attached hydrogens (primary N) is 1. The van der Waals surface area contributed by atoms with Gasteiger partial charge < -0.3 is 10.6 Å². The molecule has 1 atom stereocenters. The molecule has 0 spiro atoms. The lowest BCUT2D eigenvalue weighted by atomic mass is 10.1. The maximum Gasteiger partial charge on any atom is 0.115 e. The van der Waals surface area contributed by atoms with Crippen molar-refractivity contribution >= 4 is 11.4 Å². The van der Waals surface area contributed by atoms with E-state index in [1.54, 1.807) is 6.33 Å². The summed E-state index contributed by atoms with van der Waals surface area (Å²) in [4.78, 5) is 10.6. The molecule has 0 amide bonds. The van der Waals surface area contributed by atoms with E-state index < -0.39 is 0 Å². The third kappa shape index (κ3) is 2.01. The molecule has 18 heavy (non-hydrogen) atoms. The van der Waals surface area contributed by atoms with Gasteiger partial charge in [0.2, 0.25) is 0 Å². The van der Waals surface area contributed by atoms with Gasteiger partial charge in [-0.1, -0.05) is 0 Å². The second kappa shape index (κ2) is 4.64. The third-order valence-electron chi connectivity index (χ3n) is 3.44. The number of nitrogen functional groups attached to an aromatic ring is 1. The Hall–Kier alpha value is -2.10. The topological polar surface area (TPSA) is 55.0 Å². The van der Waals surface area contributed by atoms with Gasteiger partial charge in [-0.25, -0.2) is 9.97 Å². The molecule has 4 nitrogen and oxygen atoms in total. The minimum atomic E-state index is 0.384. The van der Waals surface area contributed by atoms with Crippen molar-refractivity contribution in [1.29, 1.82) is 0 Å². The minimum absolute atomic E-state index is 0.384. The molecule has 0 radical (unpaired) electrons. The van der Waals surface area contributed by atoms with Crippen LogP contribution in [0.1, 0.15) is 24.4 Å². The summed E-state index contributed by atoms with van der Waals surface area (Å²) >= 11 is 0. The highest BCUT2D eigenvalue weighted by Crippen LogP contribution is 2.35. The van der Waals surface area contributed by atoms with Crippen LogP contribution >= 0.6 is 0 Å². The van der Waals surface area contributed by atoms with E-state index in [2.05, 4.69) is 27.0 Å². The van der Waals surface area contributed by atoms with Gasteiger partial charge in [-0.2, -0.15) is 0 Å². The van der Waals surface area contributed by atoms with Gasteiger partial charge in [0.1, 0.15) is 6.33 Å². The lowest BCUT2D eigenvalue weighted by Crippen LogP contribution is -2.22. The zero-order chi connectivity index (χ0) is 12.4. The summed E-state index contributed by atoms with van der Waals surface area (Å²) in [6.45, 7) is 1.07. The molecule has 1 fully saturated rings. The number of hydrogen-bond acceptors (Lipinski definition) is 4. The predicted molar refractivity (Wildman–Crippen MR) is 72.2 cm³/mol. The minimum Gasteiger partial charge on any atom is -0.399 e. The van der Waals surface area contributed by atoms with Crippen molar-refractivity contribution in [2.24, 2.45) is 0 Å². The zero-order valence-electron chi connectivity index (χ0n) is 10.2. The summed E-state index contributed by atoms with van der Waals surface area (Å²) in [5.41, 5.74) is 8.94. The molecule has 3 rings (SSSR count). The Kier molecular flexibility index (Phi) is 2.84. The average Bonchev–Trinajstić information content (AvgIpc) is 2.90. The Bertz CT molecular complexity index is 509. The third-order valence-corrected chi connectivity index (χ3v) is 3.44. The van der Waals surface area contributed by atoms with Crippen LogP contribution in [0.15, 0.2) is 43.0 Å². The molecule has 2 heterocycles. The molecule has 1 aliphatic rings. The number of rotatable bonds is 2. The van der Waals surface area contributed by atoms with Crippen LogP contribution in [0, 0.1) is 0 Å². The van der Waals surface area contributed by atoms with Crippen LogP contribution in [0.2, 0.25) is 0 Å². The summed E-state index contributed by atoms with van der Waals surface area (Å²) in [6, 6.07) is 8.45. The van der Waals surface area contributed by atoms with Crippen molar-refractivity contribution in [3.05, 3.63) is 48.5 Å². The standard InChI is InChI=1S/C14H16N4/c15-12-3-5-13(6-4-12)18-7-1-2-14(18)11-8-16-10-17-9-11/h3-6,8-10,14H,1-2,7,15H2. The van der Waals surface area contributed by atoms with Gasteiger partial charge in [-0.05, 0) is 37.1 Å². The Labute approximate surface area is 106 Å². The molecule has 92 valence electrons. The van der Waals surface area contributed by atoms with Crippen molar-refractivity contribution in [2.75, 3.05) is 17.2 Å². The molecule has 1 unspecified atom stereocenters. The van der Waals surface area contributed by atoms with Crippen molar-refractivity contribution in [3.8, 4) is 0 Å². The highest BCUT2D eigenvalue weighted by molar-refractivity contribution is 5.55.